The molecule has 9 heteroatoms. The van der Waals surface area contributed by atoms with E-state index in [1.165, 1.54) is 21.3 Å². The smallest absolute Gasteiger partial charge is 0.447 e. The zero-order chi connectivity index (χ0) is 15.2. The number of nitrogens with one attached hydrogen (secondary N) is 1. The monoisotopic (exact) mass is 320 g/mol. The first kappa shape index (κ1) is 16.7. The van der Waals surface area contributed by atoms with Crippen LogP contribution in [0.4, 0.5) is 0 Å². The van der Waals surface area contributed by atoms with Crippen molar-refractivity contribution < 1.29 is 23.1 Å². The van der Waals surface area contributed by atoms with Gasteiger partial charge in [0.25, 0.3) is 0 Å². The van der Waals surface area contributed by atoms with E-state index in [0.29, 0.717) is 10.6 Å². The Labute approximate surface area is 121 Å². The summed E-state index contributed by atoms with van der Waals surface area (Å²) in [6, 6.07) is 6.53. The summed E-state index contributed by atoms with van der Waals surface area (Å²) in [6.45, 7) is 0. The number of halogens is 1. The summed E-state index contributed by atoms with van der Waals surface area (Å²) in [5.41, 5.74) is 0.180. The Bertz CT molecular complexity index is 555. The standard InChI is InChI=1S/C11H14ClN2O5P/c1-17-11(15)10(8-6-4-5-7-9(8)12)13-14-20(16,18-2)19-3/h4-7H,1-3H3,(H,14,16)/b13-10+. The van der Waals surface area contributed by atoms with Crippen LogP contribution in [0.3, 0.4) is 0 Å². The summed E-state index contributed by atoms with van der Waals surface area (Å²) in [6.07, 6.45) is 0. The minimum absolute atomic E-state index is 0.146. The average Bonchev–Trinajstić information content (AvgIpc) is 2.48. The molecule has 0 aliphatic carbocycles. The number of hydrazone groups is 1. The van der Waals surface area contributed by atoms with Crippen LogP contribution >= 0.6 is 19.3 Å². The lowest BCUT2D eigenvalue weighted by atomic mass is 10.1. The largest absolute Gasteiger partial charge is 0.464 e. The summed E-state index contributed by atoms with van der Waals surface area (Å²) in [5.74, 6) is -0.746. The fourth-order valence-corrected chi connectivity index (χ4v) is 1.99. The van der Waals surface area contributed by atoms with Gasteiger partial charge in [-0.25, -0.2) is 14.6 Å². The van der Waals surface area contributed by atoms with Gasteiger partial charge in [0, 0.05) is 19.8 Å². The summed E-state index contributed by atoms with van der Waals surface area (Å²) in [5, 5.41) is 6.20. The second kappa shape index (κ2) is 7.40. The van der Waals surface area contributed by atoms with Crippen molar-refractivity contribution in [1.82, 2.24) is 5.20 Å². The van der Waals surface area contributed by atoms with E-state index in [0.717, 1.165) is 0 Å². The number of nitrogens with zero attached hydrogens (tertiary/aromatic N) is 1. The van der Waals surface area contributed by atoms with Crippen molar-refractivity contribution in [3.8, 4) is 0 Å². The fourth-order valence-electron chi connectivity index (χ4n) is 1.23. The molecule has 7 nitrogen and oxygen atoms in total. The van der Waals surface area contributed by atoms with E-state index in [2.05, 4.69) is 24.1 Å². The molecule has 1 aromatic carbocycles. The van der Waals surface area contributed by atoms with Crippen LogP contribution in [0, 0.1) is 0 Å². The van der Waals surface area contributed by atoms with Crippen LogP contribution in [0.15, 0.2) is 29.4 Å². The molecule has 110 valence electrons. The van der Waals surface area contributed by atoms with E-state index in [1.54, 1.807) is 24.3 Å². The van der Waals surface area contributed by atoms with Gasteiger partial charge in [0.05, 0.1) is 12.1 Å². The molecule has 0 aliphatic rings. The maximum atomic E-state index is 11.8. The Morgan fingerprint density at radius 3 is 2.35 bits per heavy atom. The lowest BCUT2D eigenvalue weighted by molar-refractivity contribution is -0.132. The van der Waals surface area contributed by atoms with Crippen molar-refractivity contribution in [3.63, 3.8) is 0 Å². The van der Waals surface area contributed by atoms with Gasteiger partial charge in [-0.3, -0.25) is 9.05 Å². The SMILES string of the molecule is COC(=O)/C(=N/NP(=O)(OC)OC)c1ccccc1Cl. The van der Waals surface area contributed by atoms with Crippen molar-refractivity contribution in [2.24, 2.45) is 5.10 Å². The first-order chi connectivity index (χ1) is 9.47. The van der Waals surface area contributed by atoms with Crippen molar-refractivity contribution in [2.75, 3.05) is 21.3 Å². The third-order valence-electron chi connectivity index (χ3n) is 2.27. The quantitative estimate of drug-likeness (QED) is 0.374. The van der Waals surface area contributed by atoms with Crippen LogP contribution in [-0.2, 0) is 23.1 Å². The van der Waals surface area contributed by atoms with Gasteiger partial charge in [-0.2, -0.15) is 5.10 Å². The van der Waals surface area contributed by atoms with Gasteiger partial charge >= 0.3 is 13.7 Å². The Balaban J connectivity index is 3.18. The van der Waals surface area contributed by atoms with Crippen LogP contribution in [0.25, 0.3) is 0 Å². The average molecular weight is 321 g/mol. The lowest BCUT2D eigenvalue weighted by Gasteiger charge is -2.13. The van der Waals surface area contributed by atoms with Gasteiger partial charge in [0.15, 0.2) is 5.71 Å². The predicted molar refractivity (Wildman–Crippen MR) is 74.8 cm³/mol. The summed E-state index contributed by atoms with van der Waals surface area (Å²) in [7, 11) is -0.0524. The van der Waals surface area contributed by atoms with Gasteiger partial charge in [0.1, 0.15) is 0 Å². The summed E-state index contributed by atoms with van der Waals surface area (Å²) >= 11 is 5.99. The van der Waals surface area contributed by atoms with Crippen LogP contribution in [0.1, 0.15) is 5.56 Å². The van der Waals surface area contributed by atoms with Gasteiger partial charge in [-0.15, -0.1) is 0 Å². The van der Waals surface area contributed by atoms with E-state index in [1.807, 2.05) is 0 Å². The van der Waals surface area contributed by atoms with Gasteiger partial charge < -0.3 is 4.74 Å². The third kappa shape index (κ3) is 4.05. The fraction of sp³-hybridized carbons (Fsp3) is 0.273. The van der Waals surface area contributed by atoms with Crippen LogP contribution in [0.2, 0.25) is 5.02 Å². The Hall–Kier alpha value is -1.40. The number of carbonyl (C=O) groups excluding carboxylic acids is 1. The van der Waals surface area contributed by atoms with Gasteiger partial charge in [-0.05, 0) is 6.07 Å². The highest BCUT2D eigenvalue weighted by Crippen LogP contribution is 2.41. The number of rotatable bonds is 6. The summed E-state index contributed by atoms with van der Waals surface area (Å²) < 4.78 is 25.7. The first-order valence-electron chi connectivity index (χ1n) is 5.37. The van der Waals surface area contributed by atoms with E-state index >= 15 is 0 Å². The van der Waals surface area contributed by atoms with E-state index < -0.39 is 13.7 Å². The molecular weight excluding hydrogens is 307 g/mol. The molecule has 0 radical (unpaired) electrons. The minimum Gasteiger partial charge on any atom is -0.464 e. The highest BCUT2D eigenvalue weighted by atomic mass is 35.5. The molecule has 0 atom stereocenters. The maximum Gasteiger partial charge on any atom is 0.447 e. The molecule has 0 aromatic heterocycles. The van der Waals surface area contributed by atoms with Crippen molar-refractivity contribution in [2.45, 2.75) is 0 Å². The zero-order valence-corrected chi connectivity index (χ0v) is 12.8. The topological polar surface area (TPSA) is 86.2 Å². The molecule has 20 heavy (non-hydrogen) atoms. The summed E-state index contributed by atoms with van der Waals surface area (Å²) in [4.78, 5) is 11.7. The van der Waals surface area contributed by atoms with Gasteiger partial charge in [-0.1, -0.05) is 29.8 Å². The van der Waals surface area contributed by atoms with Gasteiger partial charge in [0.2, 0.25) is 0 Å². The molecule has 0 heterocycles. The Kier molecular flexibility index (Phi) is 6.16. The van der Waals surface area contributed by atoms with Crippen LogP contribution in [-0.4, -0.2) is 33.0 Å². The minimum atomic E-state index is -3.61. The van der Waals surface area contributed by atoms with Crippen LogP contribution < -0.4 is 5.20 Å². The second-order valence-electron chi connectivity index (χ2n) is 3.39. The Morgan fingerprint density at radius 2 is 1.85 bits per heavy atom. The van der Waals surface area contributed by atoms with Crippen molar-refractivity contribution >= 4 is 31.0 Å². The first-order valence-corrected chi connectivity index (χ1v) is 7.29. The molecular formula is C11H14ClN2O5P. The molecule has 0 saturated carbocycles. The molecule has 0 fully saturated rings. The van der Waals surface area contributed by atoms with Crippen molar-refractivity contribution in [1.29, 1.82) is 0 Å². The molecule has 1 N–H and O–H groups in total. The van der Waals surface area contributed by atoms with E-state index in [-0.39, 0.29) is 5.71 Å². The number of esters is 1. The normalized spacial score (nSPS) is 12.1. The highest BCUT2D eigenvalue weighted by Gasteiger charge is 2.23. The molecule has 0 spiro atoms. The highest BCUT2D eigenvalue weighted by molar-refractivity contribution is 7.51. The Morgan fingerprint density at radius 1 is 1.25 bits per heavy atom. The molecule has 0 unspecified atom stereocenters. The number of benzene rings is 1. The molecule has 0 saturated heterocycles. The molecule has 0 aliphatic heterocycles. The number of carbonyl (C=O) groups is 1. The number of hydrogen-bond donors (Lipinski definition) is 1. The predicted octanol–water partition coefficient (Wildman–Crippen LogP) is 2.21. The lowest BCUT2D eigenvalue weighted by Crippen LogP contribution is -2.21. The molecule has 1 rings (SSSR count). The molecule has 1 aromatic rings. The number of hydrogen-bond acceptors (Lipinski definition) is 6. The van der Waals surface area contributed by atoms with Crippen LogP contribution in [0.5, 0.6) is 0 Å². The van der Waals surface area contributed by atoms with E-state index in [9.17, 15) is 9.36 Å². The molecule has 0 bridgehead atoms. The second-order valence-corrected chi connectivity index (χ2v) is 5.73. The van der Waals surface area contributed by atoms with E-state index in [4.69, 9.17) is 11.6 Å². The molecule has 0 amide bonds. The maximum absolute atomic E-state index is 11.8. The third-order valence-corrected chi connectivity index (χ3v) is 3.91. The number of ether oxygens (including phenoxy) is 1. The zero-order valence-electron chi connectivity index (χ0n) is 11.1. The number of methoxy groups -OCH3 is 1. The van der Waals surface area contributed by atoms with Crippen molar-refractivity contribution in [3.05, 3.63) is 34.9 Å².